The molecule has 1 atom stereocenters. The maximum absolute atomic E-state index is 13.4. The van der Waals surface area contributed by atoms with Crippen molar-refractivity contribution in [3.63, 3.8) is 0 Å². The summed E-state index contributed by atoms with van der Waals surface area (Å²) >= 11 is 0. The second-order valence-corrected chi connectivity index (χ2v) is 9.42. The third-order valence-electron chi connectivity index (χ3n) is 7.10. The maximum Gasteiger partial charge on any atom is 0.355 e. The zero-order valence-corrected chi connectivity index (χ0v) is 22.3. The summed E-state index contributed by atoms with van der Waals surface area (Å²) in [7, 11) is 1.56. The van der Waals surface area contributed by atoms with Gasteiger partial charge in [-0.25, -0.2) is 4.79 Å². The Morgan fingerprint density at radius 2 is 1.82 bits per heavy atom. The summed E-state index contributed by atoms with van der Waals surface area (Å²) in [4.78, 5) is 45.9. The van der Waals surface area contributed by atoms with Gasteiger partial charge in [-0.2, -0.15) is 0 Å². The van der Waals surface area contributed by atoms with Crippen LogP contribution in [0.5, 0.6) is 5.75 Å². The minimum Gasteiger partial charge on any atom is -0.507 e. The maximum atomic E-state index is 13.4. The van der Waals surface area contributed by atoms with E-state index in [-0.39, 0.29) is 23.6 Å². The molecule has 2 saturated heterocycles. The predicted molar refractivity (Wildman–Crippen MR) is 140 cm³/mol. The highest BCUT2D eigenvalue weighted by molar-refractivity contribution is 6.46. The van der Waals surface area contributed by atoms with E-state index in [2.05, 4.69) is 9.88 Å². The number of H-pyrrole nitrogens is 1. The van der Waals surface area contributed by atoms with Gasteiger partial charge in [0.05, 0.1) is 38.5 Å². The van der Waals surface area contributed by atoms with E-state index in [9.17, 15) is 19.5 Å². The van der Waals surface area contributed by atoms with E-state index in [0.717, 1.165) is 19.6 Å². The monoisotopic (exact) mass is 525 g/mol. The lowest BCUT2D eigenvalue weighted by Crippen LogP contribution is -2.38. The fourth-order valence-electron chi connectivity index (χ4n) is 5.18. The Morgan fingerprint density at radius 3 is 2.45 bits per heavy atom. The number of aryl methyl sites for hydroxylation is 1. The zero-order valence-electron chi connectivity index (χ0n) is 22.3. The zero-order chi connectivity index (χ0) is 27.4. The number of benzene rings is 1. The number of amides is 1. The summed E-state index contributed by atoms with van der Waals surface area (Å²) in [5.41, 5.74) is 2.13. The Morgan fingerprint density at radius 1 is 1.13 bits per heavy atom. The average Bonchev–Trinajstić information content (AvgIpc) is 3.36. The molecular weight excluding hydrogens is 490 g/mol. The molecular formula is C28H35N3O7. The fourth-order valence-corrected chi connectivity index (χ4v) is 5.18. The van der Waals surface area contributed by atoms with Crippen LogP contribution in [-0.2, 0) is 19.1 Å². The largest absolute Gasteiger partial charge is 0.507 e. The van der Waals surface area contributed by atoms with Crippen LogP contribution in [0.4, 0.5) is 0 Å². The summed E-state index contributed by atoms with van der Waals surface area (Å²) in [5.74, 6) is -1.66. The quantitative estimate of drug-likeness (QED) is 0.222. The smallest absolute Gasteiger partial charge is 0.355 e. The average molecular weight is 526 g/mol. The number of aliphatic hydroxyl groups is 1. The van der Waals surface area contributed by atoms with Gasteiger partial charge < -0.3 is 29.2 Å². The van der Waals surface area contributed by atoms with Crippen LogP contribution in [-0.4, -0.2) is 90.7 Å². The van der Waals surface area contributed by atoms with E-state index >= 15 is 0 Å². The number of Topliss-reactive ketones (excluding diaryl/α,β-unsaturated/α-hetero) is 1. The number of likely N-dealkylation sites (tertiary alicyclic amines) is 1. The number of hydrogen-bond acceptors (Lipinski definition) is 8. The lowest BCUT2D eigenvalue weighted by atomic mass is 9.94. The van der Waals surface area contributed by atoms with Gasteiger partial charge in [-0.05, 0) is 50.5 Å². The molecule has 38 heavy (non-hydrogen) atoms. The number of aromatic nitrogens is 1. The van der Waals surface area contributed by atoms with Crippen LogP contribution in [0.1, 0.15) is 52.3 Å². The molecule has 2 aliphatic heterocycles. The summed E-state index contributed by atoms with van der Waals surface area (Å²) in [6, 6.07) is 6.31. The van der Waals surface area contributed by atoms with Gasteiger partial charge in [0.25, 0.3) is 11.7 Å². The van der Waals surface area contributed by atoms with Gasteiger partial charge in [-0.1, -0.05) is 12.1 Å². The molecule has 1 aromatic heterocycles. The molecule has 3 heterocycles. The predicted octanol–water partition coefficient (Wildman–Crippen LogP) is 2.96. The number of hydrogen-bond donors (Lipinski definition) is 2. The van der Waals surface area contributed by atoms with Gasteiger partial charge in [-0.3, -0.25) is 14.5 Å². The van der Waals surface area contributed by atoms with Gasteiger partial charge in [0.15, 0.2) is 0 Å². The van der Waals surface area contributed by atoms with Crippen LogP contribution in [0, 0.1) is 13.8 Å². The van der Waals surface area contributed by atoms with Crippen LogP contribution < -0.4 is 4.74 Å². The summed E-state index contributed by atoms with van der Waals surface area (Å²) in [6.07, 6.45) is 0.662. The first kappa shape index (κ1) is 27.4. The molecule has 0 saturated carbocycles. The first-order chi connectivity index (χ1) is 18.3. The summed E-state index contributed by atoms with van der Waals surface area (Å²) < 4.78 is 15.8. The number of esters is 1. The van der Waals surface area contributed by atoms with Crippen molar-refractivity contribution >= 4 is 23.4 Å². The molecule has 1 amide bonds. The first-order valence-electron chi connectivity index (χ1n) is 12.9. The van der Waals surface area contributed by atoms with Crippen LogP contribution in [0.15, 0.2) is 29.8 Å². The fraction of sp³-hybridized carbons (Fsp3) is 0.464. The summed E-state index contributed by atoms with van der Waals surface area (Å²) in [5, 5.41) is 11.5. The number of rotatable bonds is 9. The van der Waals surface area contributed by atoms with E-state index in [1.54, 1.807) is 52.1 Å². The SMILES string of the molecule is CCOC(=O)c1[nH]c(C)c(/C(O)=C2\C(=O)C(=O)N(CCCN3CCOCC3)[C@@H]2c2ccc(OC)cc2)c1C. The van der Waals surface area contributed by atoms with Crippen molar-refractivity contribution in [2.24, 2.45) is 0 Å². The number of ketones is 1. The van der Waals surface area contributed by atoms with Crippen LogP contribution in [0.25, 0.3) is 5.76 Å². The molecule has 0 spiro atoms. The normalized spacial score (nSPS) is 19.7. The van der Waals surface area contributed by atoms with E-state index < -0.39 is 23.7 Å². The minimum absolute atomic E-state index is 0.00727. The van der Waals surface area contributed by atoms with Gasteiger partial charge >= 0.3 is 5.97 Å². The molecule has 10 nitrogen and oxygen atoms in total. The highest BCUT2D eigenvalue weighted by atomic mass is 16.5. The minimum atomic E-state index is -0.787. The Bertz CT molecular complexity index is 1230. The number of morpholine rings is 1. The Balaban J connectivity index is 1.73. The molecule has 4 rings (SSSR count). The van der Waals surface area contributed by atoms with Crippen molar-refractivity contribution in [1.29, 1.82) is 0 Å². The number of aliphatic hydroxyl groups excluding tert-OH is 1. The molecule has 0 unspecified atom stereocenters. The number of carbonyl (C=O) groups is 3. The molecule has 2 N–H and O–H groups in total. The molecule has 0 bridgehead atoms. The van der Waals surface area contributed by atoms with E-state index in [1.165, 1.54) is 4.90 Å². The molecule has 2 aliphatic rings. The lowest BCUT2D eigenvalue weighted by molar-refractivity contribution is -0.140. The summed E-state index contributed by atoms with van der Waals surface area (Å²) in [6.45, 7) is 9.40. The van der Waals surface area contributed by atoms with E-state index in [4.69, 9.17) is 14.2 Å². The van der Waals surface area contributed by atoms with Gasteiger partial charge in [0.2, 0.25) is 0 Å². The number of carbonyl (C=O) groups excluding carboxylic acids is 3. The Kier molecular flexibility index (Phi) is 8.53. The number of nitrogens with one attached hydrogen (secondary N) is 1. The van der Waals surface area contributed by atoms with Crippen molar-refractivity contribution in [2.45, 2.75) is 33.2 Å². The molecule has 204 valence electrons. The first-order valence-corrected chi connectivity index (χ1v) is 12.9. The number of ether oxygens (including phenoxy) is 3. The van der Waals surface area contributed by atoms with Crippen molar-refractivity contribution in [2.75, 3.05) is 53.1 Å². The van der Waals surface area contributed by atoms with Crippen molar-refractivity contribution in [3.8, 4) is 5.75 Å². The Hall–Kier alpha value is -3.63. The molecule has 10 heteroatoms. The molecule has 1 aromatic carbocycles. The van der Waals surface area contributed by atoms with Gasteiger partial charge in [0, 0.05) is 37.4 Å². The second kappa shape index (κ2) is 11.8. The Labute approximate surface area is 222 Å². The number of nitrogens with zero attached hydrogens (tertiary/aromatic N) is 2. The highest BCUT2D eigenvalue weighted by Gasteiger charge is 2.46. The number of methoxy groups -OCH3 is 1. The second-order valence-electron chi connectivity index (χ2n) is 9.42. The van der Waals surface area contributed by atoms with E-state index in [0.29, 0.717) is 54.3 Å². The molecule has 0 radical (unpaired) electrons. The van der Waals surface area contributed by atoms with Crippen molar-refractivity contribution in [3.05, 3.63) is 57.9 Å². The topological polar surface area (TPSA) is 121 Å². The number of aromatic amines is 1. The van der Waals surface area contributed by atoms with E-state index in [1.807, 2.05) is 0 Å². The molecule has 2 aromatic rings. The van der Waals surface area contributed by atoms with Crippen LogP contribution in [0.3, 0.4) is 0 Å². The molecule has 0 aliphatic carbocycles. The highest BCUT2D eigenvalue weighted by Crippen LogP contribution is 2.41. The lowest BCUT2D eigenvalue weighted by Gasteiger charge is -2.29. The third-order valence-corrected chi connectivity index (χ3v) is 7.10. The van der Waals surface area contributed by atoms with Crippen LogP contribution in [0.2, 0.25) is 0 Å². The van der Waals surface area contributed by atoms with Crippen molar-refractivity contribution < 1.29 is 33.7 Å². The standard InChI is InChI=1S/C28H35N3O7/c1-5-38-28(35)23-17(2)21(18(3)29-23)25(32)22-24(19-7-9-20(36-4)10-8-19)31(27(34)26(22)33)12-6-11-30-13-15-37-16-14-30/h7-10,24,29,32H,5-6,11-16H2,1-4H3/b25-22+/t24-/m1/s1. The van der Waals surface area contributed by atoms with Gasteiger partial charge in [-0.15, -0.1) is 0 Å². The van der Waals surface area contributed by atoms with Crippen molar-refractivity contribution in [1.82, 2.24) is 14.8 Å². The van der Waals surface area contributed by atoms with Gasteiger partial charge in [0.1, 0.15) is 17.2 Å². The molecule has 2 fully saturated rings. The van der Waals surface area contributed by atoms with Crippen LogP contribution >= 0.6 is 0 Å². The third kappa shape index (κ3) is 5.32.